The summed E-state index contributed by atoms with van der Waals surface area (Å²) in [6.07, 6.45) is -4.28. The Morgan fingerprint density at radius 3 is 2.19 bits per heavy atom. The van der Waals surface area contributed by atoms with Crippen LogP contribution in [-0.4, -0.2) is 37.3 Å². The maximum atomic E-state index is 12.6. The minimum Gasteiger partial charge on any atom is -0.295 e. The zero-order valence-electron chi connectivity index (χ0n) is 12.2. The number of nitrogens with one attached hydrogen (secondary N) is 1. The van der Waals surface area contributed by atoms with E-state index in [1.54, 1.807) is 31.2 Å². The number of rotatable bonds is 7. The maximum Gasteiger partial charge on any atom is 0.401 e. The average molecular weight is 299 g/mol. The van der Waals surface area contributed by atoms with Crippen molar-refractivity contribution in [1.29, 1.82) is 5.26 Å². The van der Waals surface area contributed by atoms with Crippen molar-refractivity contribution in [3.63, 3.8) is 0 Å². The van der Waals surface area contributed by atoms with Gasteiger partial charge in [0.15, 0.2) is 0 Å². The Bertz CT molecular complexity index is 467. The van der Waals surface area contributed by atoms with Crippen LogP contribution < -0.4 is 5.32 Å². The molecular formula is C15H20F3N3. The van der Waals surface area contributed by atoms with Crippen molar-refractivity contribution in [2.45, 2.75) is 25.6 Å². The van der Waals surface area contributed by atoms with Crippen molar-refractivity contribution in [2.24, 2.45) is 0 Å². The van der Waals surface area contributed by atoms with E-state index in [0.717, 1.165) is 0 Å². The van der Waals surface area contributed by atoms with Gasteiger partial charge in [0.05, 0.1) is 12.6 Å². The van der Waals surface area contributed by atoms with Gasteiger partial charge in [-0.25, -0.2) is 0 Å². The van der Waals surface area contributed by atoms with Gasteiger partial charge in [-0.05, 0) is 18.7 Å². The van der Waals surface area contributed by atoms with E-state index in [1.165, 1.54) is 4.90 Å². The molecule has 0 aliphatic rings. The summed E-state index contributed by atoms with van der Waals surface area (Å²) in [6, 6.07) is 11.0. The largest absolute Gasteiger partial charge is 0.401 e. The van der Waals surface area contributed by atoms with Gasteiger partial charge in [0.2, 0.25) is 0 Å². The molecule has 21 heavy (non-hydrogen) atoms. The second-order valence-corrected chi connectivity index (χ2v) is 4.83. The maximum absolute atomic E-state index is 12.6. The summed E-state index contributed by atoms with van der Waals surface area (Å²) in [5, 5.41) is 12.6. The standard InChI is InChI=1S/C15H20F3N3/c1-3-20-14(10-19,13-8-6-5-7-9-13)11-21(4-2)12-15(16,17)18/h5-9,20H,3-4,11-12H2,1-2H3. The molecule has 0 aliphatic heterocycles. The zero-order chi connectivity index (χ0) is 15.9. The fourth-order valence-corrected chi connectivity index (χ4v) is 2.28. The van der Waals surface area contributed by atoms with E-state index in [2.05, 4.69) is 11.4 Å². The lowest BCUT2D eigenvalue weighted by Gasteiger charge is -2.34. The van der Waals surface area contributed by atoms with Gasteiger partial charge in [0, 0.05) is 6.54 Å². The Labute approximate surface area is 123 Å². The van der Waals surface area contributed by atoms with Gasteiger partial charge in [0.25, 0.3) is 0 Å². The third-order valence-electron chi connectivity index (χ3n) is 3.25. The molecule has 0 amide bonds. The van der Waals surface area contributed by atoms with E-state index >= 15 is 0 Å². The van der Waals surface area contributed by atoms with E-state index in [1.807, 2.05) is 13.0 Å². The number of hydrogen-bond donors (Lipinski definition) is 1. The average Bonchev–Trinajstić information content (AvgIpc) is 2.45. The van der Waals surface area contributed by atoms with Crippen LogP contribution in [-0.2, 0) is 5.54 Å². The fraction of sp³-hybridized carbons (Fsp3) is 0.533. The highest BCUT2D eigenvalue weighted by Crippen LogP contribution is 2.24. The molecule has 116 valence electrons. The summed E-state index contributed by atoms with van der Waals surface area (Å²) in [5.41, 5.74) is -0.466. The van der Waals surface area contributed by atoms with E-state index in [-0.39, 0.29) is 13.1 Å². The normalized spacial score (nSPS) is 14.7. The van der Waals surface area contributed by atoms with E-state index < -0.39 is 18.3 Å². The van der Waals surface area contributed by atoms with Crippen LogP contribution in [0.2, 0.25) is 0 Å². The molecular weight excluding hydrogens is 279 g/mol. The first-order chi connectivity index (χ1) is 9.87. The molecule has 1 N–H and O–H groups in total. The fourth-order valence-electron chi connectivity index (χ4n) is 2.28. The Hall–Kier alpha value is -1.58. The molecule has 3 nitrogen and oxygen atoms in total. The minimum absolute atomic E-state index is 0.0165. The molecule has 6 heteroatoms. The summed E-state index contributed by atoms with van der Waals surface area (Å²) in [6.45, 7) is 3.16. The molecule has 1 aromatic rings. The number of nitriles is 1. The number of nitrogens with zero attached hydrogens (tertiary/aromatic N) is 2. The molecule has 1 rings (SSSR count). The Morgan fingerprint density at radius 2 is 1.76 bits per heavy atom. The highest BCUT2D eigenvalue weighted by Gasteiger charge is 2.37. The van der Waals surface area contributed by atoms with Crippen molar-refractivity contribution >= 4 is 0 Å². The summed E-state index contributed by atoms with van der Waals surface area (Å²) in [4.78, 5) is 1.23. The Kier molecular flexibility index (Phi) is 6.19. The van der Waals surface area contributed by atoms with Crippen LogP contribution in [0.15, 0.2) is 30.3 Å². The predicted octanol–water partition coefficient (Wildman–Crippen LogP) is 2.90. The van der Waals surface area contributed by atoms with Crippen molar-refractivity contribution in [3.05, 3.63) is 35.9 Å². The van der Waals surface area contributed by atoms with Crippen LogP contribution in [0.4, 0.5) is 13.2 Å². The van der Waals surface area contributed by atoms with E-state index in [0.29, 0.717) is 12.1 Å². The van der Waals surface area contributed by atoms with Gasteiger partial charge in [-0.15, -0.1) is 0 Å². The molecule has 0 radical (unpaired) electrons. The van der Waals surface area contributed by atoms with Crippen molar-refractivity contribution < 1.29 is 13.2 Å². The molecule has 0 fully saturated rings. The van der Waals surface area contributed by atoms with E-state index in [4.69, 9.17) is 0 Å². The lowest BCUT2D eigenvalue weighted by molar-refractivity contribution is -0.147. The molecule has 0 aliphatic carbocycles. The molecule has 0 heterocycles. The highest BCUT2D eigenvalue weighted by molar-refractivity contribution is 5.32. The van der Waals surface area contributed by atoms with Crippen LogP contribution in [0, 0.1) is 11.3 Å². The van der Waals surface area contributed by atoms with Crippen molar-refractivity contribution in [2.75, 3.05) is 26.2 Å². The number of hydrogen-bond acceptors (Lipinski definition) is 3. The lowest BCUT2D eigenvalue weighted by atomic mass is 9.90. The third-order valence-corrected chi connectivity index (χ3v) is 3.25. The van der Waals surface area contributed by atoms with Gasteiger partial charge >= 0.3 is 6.18 Å². The van der Waals surface area contributed by atoms with Crippen LogP contribution in [0.5, 0.6) is 0 Å². The van der Waals surface area contributed by atoms with Gasteiger partial charge in [-0.3, -0.25) is 10.2 Å². The van der Waals surface area contributed by atoms with Gasteiger partial charge in [-0.2, -0.15) is 18.4 Å². The molecule has 1 aromatic carbocycles. The van der Waals surface area contributed by atoms with Crippen molar-refractivity contribution in [3.8, 4) is 6.07 Å². The number of alkyl halides is 3. The number of benzene rings is 1. The van der Waals surface area contributed by atoms with E-state index in [9.17, 15) is 18.4 Å². The van der Waals surface area contributed by atoms with Crippen LogP contribution in [0.3, 0.4) is 0 Å². The SMILES string of the molecule is CCNC(C#N)(CN(CC)CC(F)(F)F)c1ccccc1. The second-order valence-electron chi connectivity index (χ2n) is 4.83. The van der Waals surface area contributed by atoms with Crippen molar-refractivity contribution in [1.82, 2.24) is 10.2 Å². The smallest absolute Gasteiger partial charge is 0.295 e. The lowest BCUT2D eigenvalue weighted by Crippen LogP contribution is -2.51. The quantitative estimate of drug-likeness (QED) is 0.841. The van der Waals surface area contributed by atoms with Gasteiger partial charge in [-0.1, -0.05) is 44.2 Å². The molecule has 1 unspecified atom stereocenters. The first-order valence-electron chi connectivity index (χ1n) is 6.87. The monoisotopic (exact) mass is 299 g/mol. The molecule has 0 saturated heterocycles. The molecule has 1 atom stereocenters. The predicted molar refractivity (Wildman–Crippen MR) is 75.6 cm³/mol. The zero-order valence-corrected chi connectivity index (χ0v) is 12.2. The topological polar surface area (TPSA) is 39.1 Å². The minimum atomic E-state index is -4.28. The molecule has 0 aromatic heterocycles. The Morgan fingerprint density at radius 1 is 1.14 bits per heavy atom. The summed E-state index contributed by atoms with van der Waals surface area (Å²) in [7, 11) is 0. The first-order valence-corrected chi connectivity index (χ1v) is 6.87. The molecule has 0 bridgehead atoms. The Balaban J connectivity index is 3.06. The number of halogens is 3. The van der Waals surface area contributed by atoms with Crippen LogP contribution in [0.25, 0.3) is 0 Å². The summed E-state index contributed by atoms with van der Waals surface area (Å²) in [5.74, 6) is 0. The third kappa shape index (κ3) is 5.03. The molecule has 0 saturated carbocycles. The van der Waals surface area contributed by atoms with Crippen LogP contribution >= 0.6 is 0 Å². The summed E-state index contributed by atoms with van der Waals surface area (Å²) < 4.78 is 37.8. The van der Waals surface area contributed by atoms with Gasteiger partial charge in [0.1, 0.15) is 5.54 Å². The summed E-state index contributed by atoms with van der Waals surface area (Å²) >= 11 is 0. The van der Waals surface area contributed by atoms with Gasteiger partial charge < -0.3 is 0 Å². The van der Waals surface area contributed by atoms with Crippen LogP contribution in [0.1, 0.15) is 19.4 Å². The highest BCUT2D eigenvalue weighted by atomic mass is 19.4. The first kappa shape index (κ1) is 17.5. The molecule has 0 spiro atoms. The number of likely N-dealkylation sites (N-methyl/N-ethyl adjacent to an activating group) is 2. The second kappa shape index (κ2) is 7.43.